The maximum Gasteiger partial charge on any atom is 0.120 e. The van der Waals surface area contributed by atoms with E-state index in [2.05, 4.69) is 18.8 Å². The van der Waals surface area contributed by atoms with E-state index in [1.54, 1.807) is 29.7 Å². The number of pyridine rings is 1. The second-order valence-corrected chi connectivity index (χ2v) is 7.22. The van der Waals surface area contributed by atoms with Crippen LogP contribution < -0.4 is 5.73 Å². The Balaban J connectivity index is 2.83. The van der Waals surface area contributed by atoms with E-state index >= 15 is 0 Å². The number of aromatic nitrogens is 1. The normalized spacial score (nSPS) is 14.6. The first kappa shape index (κ1) is 15.3. The Hall–Kier alpha value is 0.230. The zero-order valence-corrected chi connectivity index (χ0v) is 13.0. The summed E-state index contributed by atoms with van der Waals surface area (Å²) in [6.45, 7) is 4.13. The third-order valence-electron chi connectivity index (χ3n) is 1.99. The summed E-state index contributed by atoms with van der Waals surface area (Å²) in [6, 6.07) is 1.93. The van der Waals surface area contributed by atoms with Crippen molar-refractivity contribution in [3.05, 3.63) is 12.3 Å². The fourth-order valence-electron chi connectivity index (χ4n) is 1.10. The summed E-state index contributed by atoms with van der Waals surface area (Å²) in [6.07, 6.45) is 1.78. The van der Waals surface area contributed by atoms with Crippen molar-refractivity contribution in [2.24, 2.45) is 0 Å². The topological polar surface area (TPSA) is 38.9 Å². The summed E-state index contributed by atoms with van der Waals surface area (Å²) in [5, 5.41) is 1.49. The number of rotatable bonds is 6. The molecule has 0 radical (unpaired) electrons. The molecule has 0 aliphatic heterocycles. The fourth-order valence-corrected chi connectivity index (χ4v) is 3.21. The van der Waals surface area contributed by atoms with Crippen LogP contribution in [-0.2, 0) is 0 Å². The molecular formula is C11H16Cl2N2S2. The number of nitrogens with two attached hydrogens (primary N) is 1. The molecule has 0 spiro atoms. The van der Waals surface area contributed by atoms with Gasteiger partial charge in [0, 0.05) is 33.4 Å². The molecule has 96 valence electrons. The molecule has 0 bridgehead atoms. The molecule has 17 heavy (non-hydrogen) atoms. The van der Waals surface area contributed by atoms with Gasteiger partial charge in [0.25, 0.3) is 0 Å². The molecule has 2 N–H and O–H groups in total. The molecule has 1 aromatic heterocycles. The van der Waals surface area contributed by atoms with Crippen molar-refractivity contribution in [1.29, 1.82) is 0 Å². The van der Waals surface area contributed by atoms with Crippen molar-refractivity contribution in [1.82, 2.24) is 4.98 Å². The molecule has 0 saturated heterocycles. The number of thioether (sulfide) groups is 2. The monoisotopic (exact) mass is 310 g/mol. The lowest BCUT2D eigenvalue weighted by Crippen LogP contribution is -2.03. The van der Waals surface area contributed by atoms with Crippen molar-refractivity contribution < 1.29 is 0 Å². The summed E-state index contributed by atoms with van der Waals surface area (Å²) >= 11 is 14.9. The van der Waals surface area contributed by atoms with Gasteiger partial charge < -0.3 is 5.73 Å². The molecule has 1 heterocycles. The zero-order chi connectivity index (χ0) is 12.8. The van der Waals surface area contributed by atoms with Gasteiger partial charge in [-0.15, -0.1) is 35.0 Å². The third kappa shape index (κ3) is 4.78. The molecule has 0 aliphatic rings. The van der Waals surface area contributed by atoms with Crippen molar-refractivity contribution in [2.75, 3.05) is 17.5 Å². The number of alkyl halides is 2. The molecule has 1 aromatic rings. The van der Waals surface area contributed by atoms with Gasteiger partial charge in [-0.05, 0) is 6.07 Å². The number of nitrogen functional groups attached to an aromatic ring is 1. The molecule has 0 aliphatic carbocycles. The quantitative estimate of drug-likeness (QED) is 0.634. The fraction of sp³-hybridized carbons (Fsp3) is 0.545. The van der Waals surface area contributed by atoms with E-state index < -0.39 is 0 Å². The summed E-state index contributed by atoms with van der Waals surface area (Å²) in [7, 11) is 0. The van der Waals surface area contributed by atoms with E-state index in [0.717, 1.165) is 15.6 Å². The van der Waals surface area contributed by atoms with Crippen LogP contribution in [0.4, 0.5) is 5.69 Å². The second kappa shape index (κ2) is 7.62. The molecular weight excluding hydrogens is 295 g/mol. The average molecular weight is 311 g/mol. The lowest BCUT2D eigenvalue weighted by Gasteiger charge is -2.13. The Morgan fingerprint density at radius 2 is 1.82 bits per heavy atom. The maximum atomic E-state index is 6.10. The molecule has 0 saturated carbocycles. The lowest BCUT2D eigenvalue weighted by atomic mass is 10.4. The number of hydrogen-bond acceptors (Lipinski definition) is 4. The average Bonchev–Trinajstić information content (AvgIpc) is 2.33. The van der Waals surface area contributed by atoms with Crippen LogP contribution in [0.2, 0.25) is 0 Å². The van der Waals surface area contributed by atoms with E-state index in [1.165, 1.54) is 0 Å². The van der Waals surface area contributed by atoms with Gasteiger partial charge in [-0.3, -0.25) is 0 Å². The van der Waals surface area contributed by atoms with E-state index in [4.69, 9.17) is 28.9 Å². The summed E-state index contributed by atoms with van der Waals surface area (Å²) in [5.74, 6) is 1.19. The Kier molecular flexibility index (Phi) is 6.85. The van der Waals surface area contributed by atoms with E-state index in [1.807, 2.05) is 6.07 Å². The third-order valence-corrected chi connectivity index (χ3v) is 5.58. The van der Waals surface area contributed by atoms with Crippen LogP contribution in [0.3, 0.4) is 0 Å². The molecule has 2 unspecified atom stereocenters. The van der Waals surface area contributed by atoms with E-state index in [9.17, 15) is 0 Å². The Morgan fingerprint density at radius 3 is 2.41 bits per heavy atom. The highest BCUT2D eigenvalue weighted by Gasteiger charge is 2.12. The van der Waals surface area contributed by atoms with Crippen LogP contribution in [0, 0.1) is 0 Å². The van der Waals surface area contributed by atoms with Gasteiger partial charge in [0.1, 0.15) is 5.03 Å². The van der Waals surface area contributed by atoms with Gasteiger partial charge >= 0.3 is 0 Å². The first-order valence-electron chi connectivity index (χ1n) is 5.28. The molecule has 6 heteroatoms. The van der Waals surface area contributed by atoms with Crippen LogP contribution in [-0.4, -0.2) is 27.2 Å². The molecule has 0 aromatic carbocycles. The number of hydrogen-bond donors (Lipinski definition) is 1. The Labute approximate surface area is 121 Å². The minimum Gasteiger partial charge on any atom is -0.396 e. The van der Waals surface area contributed by atoms with Gasteiger partial charge in [-0.1, -0.05) is 25.6 Å². The van der Waals surface area contributed by atoms with Gasteiger partial charge in [0.2, 0.25) is 0 Å². The highest BCUT2D eigenvalue weighted by atomic mass is 35.5. The molecule has 0 fully saturated rings. The van der Waals surface area contributed by atoms with Crippen LogP contribution in [0.1, 0.15) is 13.8 Å². The highest BCUT2D eigenvalue weighted by Crippen LogP contribution is 2.35. The van der Waals surface area contributed by atoms with E-state index in [-0.39, 0.29) is 0 Å². The maximum absolute atomic E-state index is 6.10. The standard InChI is InChI=1S/C11H16Cl2N2S2/c1-7(5-12)16-9-3-4-15-11(10(9)14)17-8(2)6-13/h3-4,7-8H,5-6,14H2,1-2H3. The van der Waals surface area contributed by atoms with Crippen LogP contribution in [0.15, 0.2) is 22.2 Å². The summed E-state index contributed by atoms with van der Waals surface area (Å²) in [4.78, 5) is 5.33. The lowest BCUT2D eigenvalue weighted by molar-refractivity contribution is 1.06. The molecule has 2 nitrogen and oxygen atoms in total. The van der Waals surface area contributed by atoms with Crippen LogP contribution in [0.5, 0.6) is 0 Å². The van der Waals surface area contributed by atoms with Crippen molar-refractivity contribution in [2.45, 2.75) is 34.3 Å². The number of halogens is 2. The molecule has 1 rings (SSSR count). The summed E-state index contributed by atoms with van der Waals surface area (Å²) < 4.78 is 0. The second-order valence-electron chi connectivity index (χ2n) is 3.69. The first-order chi connectivity index (χ1) is 8.08. The van der Waals surface area contributed by atoms with Gasteiger partial charge in [0.05, 0.1) is 5.69 Å². The Bertz CT molecular complexity index is 333. The van der Waals surface area contributed by atoms with Crippen molar-refractivity contribution in [3.8, 4) is 0 Å². The zero-order valence-electron chi connectivity index (χ0n) is 9.82. The van der Waals surface area contributed by atoms with E-state index in [0.29, 0.717) is 22.3 Å². The smallest absolute Gasteiger partial charge is 0.120 e. The van der Waals surface area contributed by atoms with Gasteiger partial charge in [-0.2, -0.15) is 0 Å². The predicted octanol–water partition coefficient (Wildman–Crippen LogP) is 4.10. The minimum absolute atomic E-state index is 0.303. The van der Waals surface area contributed by atoms with Crippen LogP contribution >= 0.6 is 46.7 Å². The SMILES string of the molecule is CC(CCl)Sc1ccnc(SC(C)CCl)c1N. The van der Waals surface area contributed by atoms with Crippen molar-refractivity contribution >= 4 is 52.4 Å². The largest absolute Gasteiger partial charge is 0.396 e. The van der Waals surface area contributed by atoms with Crippen LogP contribution in [0.25, 0.3) is 0 Å². The minimum atomic E-state index is 0.303. The molecule has 0 amide bonds. The predicted molar refractivity (Wildman–Crippen MR) is 80.7 cm³/mol. The Morgan fingerprint density at radius 1 is 1.24 bits per heavy atom. The van der Waals surface area contributed by atoms with Gasteiger partial charge in [-0.25, -0.2) is 4.98 Å². The highest BCUT2D eigenvalue weighted by molar-refractivity contribution is 8.01. The first-order valence-corrected chi connectivity index (χ1v) is 8.11. The van der Waals surface area contributed by atoms with Crippen molar-refractivity contribution in [3.63, 3.8) is 0 Å². The summed E-state index contributed by atoms with van der Waals surface area (Å²) in [5.41, 5.74) is 6.83. The molecule has 2 atom stereocenters. The van der Waals surface area contributed by atoms with Gasteiger partial charge in [0.15, 0.2) is 0 Å². The number of nitrogens with zero attached hydrogens (tertiary/aromatic N) is 1. The number of anilines is 1.